The number of hydrogen-bond donors (Lipinski definition) is 1. The van der Waals surface area contributed by atoms with Crippen LogP contribution in [0.1, 0.15) is 37.1 Å². The lowest BCUT2D eigenvalue weighted by molar-refractivity contribution is 0.333. The van der Waals surface area contributed by atoms with E-state index in [1.807, 2.05) is 6.92 Å². The van der Waals surface area contributed by atoms with E-state index in [0.29, 0.717) is 11.9 Å². The van der Waals surface area contributed by atoms with Gasteiger partial charge in [0.15, 0.2) is 0 Å². The zero-order valence-electron chi connectivity index (χ0n) is 7.21. The van der Waals surface area contributed by atoms with E-state index in [2.05, 4.69) is 15.5 Å². The smallest absolute Gasteiger partial charge is 0.233 e. The molecule has 2 rings (SSSR count). The number of nitrogens with one attached hydrogen (secondary N) is 1. The Hall–Kier alpha value is -0.900. The maximum atomic E-state index is 5.34. The van der Waals surface area contributed by atoms with Crippen LogP contribution in [0.15, 0.2) is 4.42 Å². The third-order valence-corrected chi connectivity index (χ3v) is 2.15. The molecule has 12 heavy (non-hydrogen) atoms. The molecule has 4 heteroatoms. The molecule has 4 nitrogen and oxygen atoms in total. The van der Waals surface area contributed by atoms with Crippen molar-refractivity contribution in [1.82, 2.24) is 15.5 Å². The van der Waals surface area contributed by atoms with Gasteiger partial charge in [0.2, 0.25) is 11.8 Å². The Morgan fingerprint density at radius 1 is 1.42 bits per heavy atom. The van der Waals surface area contributed by atoms with Crippen molar-refractivity contribution in [1.29, 1.82) is 0 Å². The van der Waals surface area contributed by atoms with E-state index in [-0.39, 0.29) is 0 Å². The van der Waals surface area contributed by atoms with Gasteiger partial charge in [-0.3, -0.25) is 0 Å². The molecule has 1 aromatic rings. The van der Waals surface area contributed by atoms with Gasteiger partial charge in [0.05, 0.1) is 6.04 Å². The van der Waals surface area contributed by atoms with Crippen molar-refractivity contribution in [2.75, 3.05) is 6.54 Å². The summed E-state index contributed by atoms with van der Waals surface area (Å²) in [5.74, 6) is 1.39. The molecule has 0 saturated carbocycles. The van der Waals surface area contributed by atoms with Gasteiger partial charge in [0.25, 0.3) is 0 Å². The van der Waals surface area contributed by atoms with Crippen LogP contribution in [0.4, 0.5) is 0 Å². The number of rotatable bonds is 1. The highest BCUT2D eigenvalue weighted by Crippen LogP contribution is 2.21. The minimum absolute atomic E-state index is 0.292. The van der Waals surface area contributed by atoms with Crippen molar-refractivity contribution in [2.45, 2.75) is 32.2 Å². The van der Waals surface area contributed by atoms with Gasteiger partial charge in [-0.1, -0.05) is 6.42 Å². The summed E-state index contributed by atoms with van der Waals surface area (Å²) in [6.07, 6.45) is 3.62. The molecule has 1 saturated heterocycles. The number of aromatic nitrogens is 2. The molecule has 66 valence electrons. The molecular formula is C8H13N3O. The van der Waals surface area contributed by atoms with Crippen LogP contribution < -0.4 is 5.32 Å². The molecule has 0 radical (unpaired) electrons. The van der Waals surface area contributed by atoms with E-state index in [1.165, 1.54) is 12.8 Å². The highest BCUT2D eigenvalue weighted by molar-refractivity contribution is 4.90. The lowest BCUT2D eigenvalue weighted by Crippen LogP contribution is -2.26. The third-order valence-electron chi connectivity index (χ3n) is 2.15. The van der Waals surface area contributed by atoms with Gasteiger partial charge in [0.1, 0.15) is 0 Å². The normalized spacial score (nSPS) is 24.2. The van der Waals surface area contributed by atoms with E-state index in [0.717, 1.165) is 18.9 Å². The first-order valence-electron chi connectivity index (χ1n) is 4.39. The SMILES string of the molecule is Cc1nnc([C@@H]2CCCCN2)o1. The molecule has 1 N–H and O–H groups in total. The first-order valence-corrected chi connectivity index (χ1v) is 4.39. The topological polar surface area (TPSA) is 51.0 Å². The Labute approximate surface area is 71.4 Å². The maximum Gasteiger partial charge on any atom is 0.233 e. The van der Waals surface area contributed by atoms with Crippen LogP contribution in [-0.4, -0.2) is 16.7 Å². The van der Waals surface area contributed by atoms with Gasteiger partial charge < -0.3 is 9.73 Å². The molecular weight excluding hydrogens is 154 g/mol. The van der Waals surface area contributed by atoms with E-state index < -0.39 is 0 Å². The lowest BCUT2D eigenvalue weighted by Gasteiger charge is -2.19. The molecule has 2 heterocycles. The van der Waals surface area contributed by atoms with Crippen molar-refractivity contribution in [3.63, 3.8) is 0 Å². The van der Waals surface area contributed by atoms with Crippen LogP contribution in [0, 0.1) is 6.92 Å². The predicted octanol–water partition coefficient (Wildman–Crippen LogP) is 1.19. The van der Waals surface area contributed by atoms with Crippen LogP contribution in [0.2, 0.25) is 0 Å². The quantitative estimate of drug-likeness (QED) is 0.682. The van der Waals surface area contributed by atoms with Crippen LogP contribution >= 0.6 is 0 Å². The zero-order chi connectivity index (χ0) is 8.39. The Morgan fingerprint density at radius 2 is 2.33 bits per heavy atom. The maximum absolute atomic E-state index is 5.34. The summed E-state index contributed by atoms with van der Waals surface area (Å²) in [6, 6.07) is 0.292. The fourth-order valence-corrected chi connectivity index (χ4v) is 1.52. The number of aryl methyl sites for hydroxylation is 1. The lowest BCUT2D eigenvalue weighted by atomic mass is 10.1. The number of nitrogens with zero attached hydrogens (tertiary/aromatic N) is 2. The predicted molar refractivity (Wildman–Crippen MR) is 43.6 cm³/mol. The van der Waals surface area contributed by atoms with Crippen molar-refractivity contribution in [3.05, 3.63) is 11.8 Å². The van der Waals surface area contributed by atoms with Crippen LogP contribution in [0.3, 0.4) is 0 Å². The van der Waals surface area contributed by atoms with Gasteiger partial charge >= 0.3 is 0 Å². The highest BCUT2D eigenvalue weighted by Gasteiger charge is 2.19. The number of hydrogen-bond acceptors (Lipinski definition) is 4. The Balaban J connectivity index is 2.08. The van der Waals surface area contributed by atoms with Gasteiger partial charge in [0, 0.05) is 6.92 Å². The average Bonchev–Trinajstić information content (AvgIpc) is 2.54. The molecule has 0 unspecified atom stereocenters. The van der Waals surface area contributed by atoms with Crippen molar-refractivity contribution in [3.8, 4) is 0 Å². The summed E-state index contributed by atoms with van der Waals surface area (Å²) < 4.78 is 5.34. The van der Waals surface area contributed by atoms with Gasteiger partial charge in [-0.25, -0.2) is 0 Å². The van der Waals surface area contributed by atoms with Gasteiger partial charge in [-0.15, -0.1) is 10.2 Å². The molecule has 1 aromatic heterocycles. The molecule has 0 aromatic carbocycles. The van der Waals surface area contributed by atoms with E-state index in [1.54, 1.807) is 0 Å². The Kier molecular flexibility index (Phi) is 2.08. The van der Waals surface area contributed by atoms with E-state index >= 15 is 0 Å². The summed E-state index contributed by atoms with van der Waals surface area (Å²) in [5, 5.41) is 11.1. The monoisotopic (exact) mass is 167 g/mol. The second-order valence-electron chi connectivity index (χ2n) is 3.16. The molecule has 1 fully saturated rings. The molecule has 0 aliphatic carbocycles. The second kappa shape index (κ2) is 3.23. The molecule has 0 spiro atoms. The second-order valence-corrected chi connectivity index (χ2v) is 3.16. The largest absolute Gasteiger partial charge is 0.424 e. The standard InChI is InChI=1S/C8H13N3O/c1-6-10-11-8(12-6)7-4-2-3-5-9-7/h7,9H,2-5H2,1H3/t7-/m0/s1. The minimum Gasteiger partial charge on any atom is -0.424 e. The van der Waals surface area contributed by atoms with E-state index in [9.17, 15) is 0 Å². The Morgan fingerprint density at radius 3 is 2.92 bits per heavy atom. The van der Waals surface area contributed by atoms with Crippen molar-refractivity contribution in [2.24, 2.45) is 0 Å². The molecule has 1 aliphatic heterocycles. The van der Waals surface area contributed by atoms with Crippen molar-refractivity contribution < 1.29 is 4.42 Å². The summed E-state index contributed by atoms with van der Waals surface area (Å²) >= 11 is 0. The van der Waals surface area contributed by atoms with Gasteiger partial charge in [-0.05, 0) is 19.4 Å². The van der Waals surface area contributed by atoms with E-state index in [4.69, 9.17) is 4.42 Å². The first kappa shape index (κ1) is 7.73. The molecule has 0 amide bonds. The third kappa shape index (κ3) is 1.48. The van der Waals surface area contributed by atoms with Crippen LogP contribution in [-0.2, 0) is 0 Å². The molecule has 1 aliphatic rings. The zero-order valence-corrected chi connectivity index (χ0v) is 7.21. The first-order chi connectivity index (χ1) is 5.86. The van der Waals surface area contributed by atoms with Crippen LogP contribution in [0.25, 0.3) is 0 Å². The summed E-state index contributed by atoms with van der Waals surface area (Å²) in [4.78, 5) is 0. The Bertz CT molecular complexity index is 253. The fraction of sp³-hybridized carbons (Fsp3) is 0.750. The molecule has 0 bridgehead atoms. The van der Waals surface area contributed by atoms with Crippen molar-refractivity contribution >= 4 is 0 Å². The molecule has 1 atom stereocenters. The van der Waals surface area contributed by atoms with Crippen LogP contribution in [0.5, 0.6) is 0 Å². The summed E-state index contributed by atoms with van der Waals surface area (Å²) in [6.45, 7) is 2.88. The summed E-state index contributed by atoms with van der Waals surface area (Å²) in [7, 11) is 0. The fourth-order valence-electron chi connectivity index (χ4n) is 1.52. The minimum atomic E-state index is 0.292. The highest BCUT2D eigenvalue weighted by atomic mass is 16.4. The summed E-state index contributed by atoms with van der Waals surface area (Å²) in [5.41, 5.74) is 0. The number of piperidine rings is 1. The van der Waals surface area contributed by atoms with Gasteiger partial charge in [-0.2, -0.15) is 0 Å². The average molecular weight is 167 g/mol.